The summed E-state index contributed by atoms with van der Waals surface area (Å²) in [5, 5.41) is 17.3. The smallest absolute Gasteiger partial charge is 0.387 e. The maximum Gasteiger partial charge on any atom is 0.387 e. The lowest BCUT2D eigenvalue weighted by Gasteiger charge is -2.35. The van der Waals surface area contributed by atoms with Crippen molar-refractivity contribution in [1.82, 2.24) is 10.6 Å². The summed E-state index contributed by atoms with van der Waals surface area (Å²) in [4.78, 5) is 6.86. The van der Waals surface area contributed by atoms with Crippen molar-refractivity contribution < 1.29 is 18.6 Å². The molecule has 0 amide bonds. The third kappa shape index (κ3) is 7.60. The summed E-state index contributed by atoms with van der Waals surface area (Å²) >= 11 is 1.77. The second-order valence-corrected chi connectivity index (χ2v) is 8.63. The minimum Gasteiger partial charge on any atom is -0.435 e. The second kappa shape index (κ2) is 12.1. The van der Waals surface area contributed by atoms with Gasteiger partial charge < -0.3 is 25.4 Å². The number of aliphatic hydroxyl groups is 1. The van der Waals surface area contributed by atoms with Gasteiger partial charge in [-0.1, -0.05) is 0 Å². The Morgan fingerprint density at radius 2 is 2.17 bits per heavy atom. The third-order valence-corrected chi connectivity index (χ3v) is 6.38. The summed E-state index contributed by atoms with van der Waals surface area (Å²) in [6.45, 7) is 2.07. The molecule has 1 aromatic rings. The Hall–Kier alpha value is -1.01. The molecule has 0 bridgehead atoms. The fourth-order valence-electron chi connectivity index (χ4n) is 3.63. The van der Waals surface area contributed by atoms with Crippen LogP contribution < -0.4 is 20.3 Å². The third-order valence-electron chi connectivity index (χ3n) is 5.15. The molecule has 2 unspecified atom stereocenters. The SMILES string of the molecule is CCNC(=NCC1(O)CCSC1)NC1CCCN(c2ccc(OC(F)F)cc2)C1.I. The van der Waals surface area contributed by atoms with Crippen LogP contribution in [-0.4, -0.2) is 67.0 Å². The summed E-state index contributed by atoms with van der Waals surface area (Å²) in [6, 6.07) is 6.99. The highest BCUT2D eigenvalue weighted by atomic mass is 127. The molecule has 170 valence electrons. The zero-order valence-electron chi connectivity index (χ0n) is 17.2. The van der Waals surface area contributed by atoms with Gasteiger partial charge in [0.1, 0.15) is 5.75 Å². The van der Waals surface area contributed by atoms with E-state index in [1.165, 1.54) is 0 Å². The topological polar surface area (TPSA) is 69.1 Å². The van der Waals surface area contributed by atoms with Crippen molar-refractivity contribution in [3.63, 3.8) is 0 Å². The lowest BCUT2D eigenvalue weighted by molar-refractivity contribution is -0.0498. The number of ether oxygens (including phenoxy) is 1. The molecule has 0 aromatic heterocycles. The number of halogens is 3. The van der Waals surface area contributed by atoms with E-state index in [9.17, 15) is 13.9 Å². The molecule has 2 fully saturated rings. The predicted molar refractivity (Wildman–Crippen MR) is 130 cm³/mol. The number of nitrogens with zero attached hydrogens (tertiary/aromatic N) is 2. The van der Waals surface area contributed by atoms with Crippen molar-refractivity contribution >= 4 is 47.4 Å². The van der Waals surface area contributed by atoms with Gasteiger partial charge in [-0.25, -0.2) is 0 Å². The number of nitrogens with one attached hydrogen (secondary N) is 2. The highest BCUT2D eigenvalue weighted by Crippen LogP contribution is 2.28. The van der Waals surface area contributed by atoms with Crippen molar-refractivity contribution in [2.24, 2.45) is 4.99 Å². The average Bonchev–Trinajstić information content (AvgIpc) is 3.14. The van der Waals surface area contributed by atoms with Crippen LogP contribution >= 0.6 is 35.7 Å². The van der Waals surface area contributed by atoms with Crippen LogP contribution in [0.4, 0.5) is 14.5 Å². The minimum atomic E-state index is -2.81. The van der Waals surface area contributed by atoms with E-state index in [1.807, 2.05) is 19.1 Å². The molecule has 2 aliphatic rings. The van der Waals surface area contributed by atoms with E-state index in [0.717, 1.165) is 62.0 Å². The summed E-state index contributed by atoms with van der Waals surface area (Å²) in [5.41, 5.74) is 0.283. The van der Waals surface area contributed by atoms with Gasteiger partial charge in [-0.3, -0.25) is 4.99 Å². The molecule has 2 atom stereocenters. The molecule has 1 aromatic carbocycles. The maximum atomic E-state index is 12.3. The highest BCUT2D eigenvalue weighted by molar-refractivity contribution is 14.0. The van der Waals surface area contributed by atoms with Crippen LogP contribution in [0.15, 0.2) is 29.3 Å². The number of hydrogen-bond acceptors (Lipinski definition) is 5. The maximum absolute atomic E-state index is 12.3. The summed E-state index contributed by atoms with van der Waals surface area (Å²) in [7, 11) is 0. The standard InChI is InChI=1S/C20H30F2N4O2S.HI/c1-2-23-19(24-13-20(27)9-11-29-14-20)25-15-4-3-10-26(12-15)16-5-7-17(8-6-16)28-18(21)22;/h5-8,15,18,27H,2-4,9-14H2,1H3,(H2,23,24,25);1H. The number of guanidine groups is 1. The predicted octanol–water partition coefficient (Wildman–Crippen LogP) is 3.30. The normalized spacial score (nSPS) is 24.5. The van der Waals surface area contributed by atoms with E-state index in [2.05, 4.69) is 25.3 Å². The van der Waals surface area contributed by atoms with Gasteiger partial charge in [0.25, 0.3) is 0 Å². The van der Waals surface area contributed by atoms with Crippen LogP contribution in [0, 0.1) is 0 Å². The van der Waals surface area contributed by atoms with E-state index in [0.29, 0.717) is 6.54 Å². The molecule has 10 heteroatoms. The van der Waals surface area contributed by atoms with E-state index in [4.69, 9.17) is 0 Å². The highest BCUT2D eigenvalue weighted by Gasteiger charge is 2.31. The number of anilines is 1. The van der Waals surface area contributed by atoms with Gasteiger partial charge in [-0.2, -0.15) is 20.5 Å². The zero-order chi connectivity index (χ0) is 20.7. The van der Waals surface area contributed by atoms with Gasteiger partial charge >= 0.3 is 6.61 Å². The first-order chi connectivity index (χ1) is 14.0. The average molecular weight is 556 g/mol. The van der Waals surface area contributed by atoms with E-state index in [1.54, 1.807) is 23.9 Å². The molecule has 30 heavy (non-hydrogen) atoms. The molecular weight excluding hydrogens is 525 g/mol. The van der Waals surface area contributed by atoms with E-state index in [-0.39, 0.29) is 35.8 Å². The summed E-state index contributed by atoms with van der Waals surface area (Å²) < 4.78 is 29.1. The Balaban J connectivity index is 0.00000320. The first-order valence-electron chi connectivity index (χ1n) is 10.1. The number of thioether (sulfide) groups is 1. The molecule has 3 N–H and O–H groups in total. The number of aliphatic imine (C=N–C) groups is 1. The Bertz CT molecular complexity index is 675. The quantitative estimate of drug-likeness (QED) is 0.272. The number of benzene rings is 1. The van der Waals surface area contributed by atoms with Crippen molar-refractivity contribution in [2.45, 2.75) is 44.4 Å². The molecular formula is C20H31F2IN4O2S. The summed E-state index contributed by atoms with van der Waals surface area (Å²) in [5.74, 6) is 2.61. The number of alkyl halides is 2. The van der Waals surface area contributed by atoms with Crippen LogP contribution in [0.5, 0.6) is 5.75 Å². The van der Waals surface area contributed by atoms with Gasteiger partial charge in [-0.05, 0) is 56.2 Å². The van der Waals surface area contributed by atoms with Gasteiger partial charge in [-0.15, -0.1) is 24.0 Å². The fraction of sp³-hybridized carbons (Fsp3) is 0.650. The van der Waals surface area contributed by atoms with Crippen LogP contribution in [-0.2, 0) is 0 Å². The van der Waals surface area contributed by atoms with Crippen LogP contribution in [0.2, 0.25) is 0 Å². The molecule has 2 heterocycles. The zero-order valence-corrected chi connectivity index (χ0v) is 20.3. The Morgan fingerprint density at radius 3 is 2.80 bits per heavy atom. The lowest BCUT2D eigenvalue weighted by atomic mass is 10.0. The van der Waals surface area contributed by atoms with Crippen LogP contribution in [0.3, 0.4) is 0 Å². The van der Waals surface area contributed by atoms with E-state index >= 15 is 0 Å². The van der Waals surface area contributed by atoms with Gasteiger partial charge in [0.05, 0.1) is 12.1 Å². The molecule has 0 radical (unpaired) electrons. The number of hydrogen-bond donors (Lipinski definition) is 3. The first-order valence-corrected chi connectivity index (χ1v) is 11.3. The number of piperidine rings is 1. The lowest BCUT2D eigenvalue weighted by Crippen LogP contribution is -2.51. The van der Waals surface area contributed by atoms with Crippen molar-refractivity contribution in [1.29, 1.82) is 0 Å². The van der Waals surface area contributed by atoms with Crippen LogP contribution in [0.1, 0.15) is 26.2 Å². The Labute approximate surface area is 198 Å². The molecule has 0 saturated carbocycles. The molecule has 2 aliphatic heterocycles. The van der Waals surface area contributed by atoms with E-state index < -0.39 is 12.2 Å². The molecule has 0 aliphatic carbocycles. The molecule has 0 spiro atoms. The minimum absolute atomic E-state index is 0. The fourth-order valence-corrected chi connectivity index (χ4v) is 4.91. The van der Waals surface area contributed by atoms with Crippen molar-refractivity contribution in [3.8, 4) is 5.75 Å². The number of rotatable bonds is 7. The monoisotopic (exact) mass is 556 g/mol. The van der Waals surface area contributed by atoms with Crippen molar-refractivity contribution in [3.05, 3.63) is 24.3 Å². The van der Waals surface area contributed by atoms with Gasteiger partial charge in [0.2, 0.25) is 0 Å². The Morgan fingerprint density at radius 1 is 1.40 bits per heavy atom. The molecule has 2 saturated heterocycles. The molecule has 3 rings (SSSR count). The Kier molecular flexibility index (Phi) is 10.2. The van der Waals surface area contributed by atoms with Gasteiger partial charge in [0, 0.05) is 37.1 Å². The summed E-state index contributed by atoms with van der Waals surface area (Å²) in [6.07, 6.45) is 2.82. The van der Waals surface area contributed by atoms with Gasteiger partial charge in [0.15, 0.2) is 5.96 Å². The van der Waals surface area contributed by atoms with Crippen LogP contribution in [0.25, 0.3) is 0 Å². The second-order valence-electron chi connectivity index (χ2n) is 7.52. The largest absolute Gasteiger partial charge is 0.435 e. The van der Waals surface area contributed by atoms with Crippen molar-refractivity contribution in [2.75, 3.05) is 42.6 Å². The first kappa shape index (κ1) is 25.3. The molecule has 6 nitrogen and oxygen atoms in total.